The molecule has 2 aliphatic rings. The highest BCUT2D eigenvalue weighted by Gasteiger charge is 2.42. The molecule has 1 aliphatic heterocycles. The van der Waals surface area contributed by atoms with Crippen LogP contribution in [0.3, 0.4) is 0 Å². The molecular formula is C18H28N4O2. The van der Waals surface area contributed by atoms with E-state index in [1.54, 1.807) is 6.33 Å². The van der Waals surface area contributed by atoms with Crippen molar-refractivity contribution in [1.82, 2.24) is 15.3 Å². The Kier molecular flexibility index (Phi) is 4.65. The lowest BCUT2D eigenvalue weighted by Gasteiger charge is -2.38. The third-order valence-electron chi connectivity index (χ3n) is 5.02. The van der Waals surface area contributed by atoms with E-state index in [9.17, 15) is 4.79 Å². The summed E-state index contributed by atoms with van der Waals surface area (Å²) >= 11 is 0. The van der Waals surface area contributed by atoms with E-state index in [2.05, 4.69) is 26.3 Å². The first kappa shape index (κ1) is 17.0. The van der Waals surface area contributed by atoms with Gasteiger partial charge < -0.3 is 15.0 Å². The fourth-order valence-electron chi connectivity index (χ4n) is 3.98. The van der Waals surface area contributed by atoms with Crippen molar-refractivity contribution in [1.29, 1.82) is 0 Å². The maximum Gasteiger partial charge on any atom is 0.407 e. The highest BCUT2D eigenvalue weighted by atomic mass is 16.6. The van der Waals surface area contributed by atoms with Crippen LogP contribution in [0.5, 0.6) is 0 Å². The van der Waals surface area contributed by atoms with Gasteiger partial charge in [-0.1, -0.05) is 0 Å². The molecule has 2 bridgehead atoms. The number of carbonyl (C=O) groups excluding carboxylic acids is 1. The Balaban J connectivity index is 1.57. The molecule has 1 amide bonds. The van der Waals surface area contributed by atoms with Crippen LogP contribution in [0.15, 0.2) is 12.4 Å². The summed E-state index contributed by atoms with van der Waals surface area (Å²) in [6.45, 7) is 10.4. The molecule has 1 N–H and O–H groups in total. The zero-order valence-electron chi connectivity index (χ0n) is 15.1. The highest BCUT2D eigenvalue weighted by Crippen LogP contribution is 2.42. The van der Waals surface area contributed by atoms with E-state index in [1.165, 1.54) is 12.8 Å². The molecule has 0 aromatic carbocycles. The minimum atomic E-state index is -0.447. The molecule has 2 unspecified atom stereocenters. The van der Waals surface area contributed by atoms with Crippen molar-refractivity contribution in [3.05, 3.63) is 18.1 Å². The molecule has 0 radical (unpaired) electrons. The highest BCUT2D eigenvalue weighted by molar-refractivity contribution is 5.67. The van der Waals surface area contributed by atoms with Crippen LogP contribution in [0.1, 0.15) is 39.3 Å². The fraction of sp³-hybridized carbons (Fsp3) is 0.722. The van der Waals surface area contributed by atoms with Crippen LogP contribution < -0.4 is 10.2 Å². The third-order valence-corrected chi connectivity index (χ3v) is 5.02. The SMILES string of the molecule is Cc1cc(N2CC3CCC(C2)C3CNC(=O)OC(C)(C)C)ncn1. The van der Waals surface area contributed by atoms with Crippen LogP contribution in [-0.4, -0.2) is 41.3 Å². The van der Waals surface area contributed by atoms with Crippen molar-refractivity contribution in [3.8, 4) is 0 Å². The fourth-order valence-corrected chi connectivity index (χ4v) is 3.98. The number of aromatic nitrogens is 2. The summed E-state index contributed by atoms with van der Waals surface area (Å²) in [5, 5.41) is 2.97. The van der Waals surface area contributed by atoms with Gasteiger partial charge in [-0.05, 0) is 58.3 Å². The first-order chi connectivity index (χ1) is 11.3. The Morgan fingerprint density at radius 2 is 1.96 bits per heavy atom. The molecule has 3 rings (SSSR count). The summed E-state index contributed by atoms with van der Waals surface area (Å²) < 4.78 is 5.35. The second-order valence-electron chi connectivity index (χ2n) is 8.07. The number of aryl methyl sites for hydroxylation is 1. The average Bonchev–Trinajstić information content (AvgIpc) is 2.72. The second kappa shape index (κ2) is 6.57. The molecule has 2 atom stereocenters. The molecule has 6 heteroatoms. The van der Waals surface area contributed by atoms with Gasteiger partial charge in [0.05, 0.1) is 0 Å². The summed E-state index contributed by atoms with van der Waals surface area (Å²) in [7, 11) is 0. The largest absolute Gasteiger partial charge is 0.444 e. The van der Waals surface area contributed by atoms with Gasteiger partial charge in [-0.15, -0.1) is 0 Å². The zero-order valence-corrected chi connectivity index (χ0v) is 15.1. The molecule has 1 aromatic heterocycles. The van der Waals surface area contributed by atoms with Gasteiger partial charge >= 0.3 is 6.09 Å². The summed E-state index contributed by atoms with van der Waals surface area (Å²) in [4.78, 5) is 22.9. The molecule has 2 heterocycles. The minimum absolute atomic E-state index is 0.309. The number of anilines is 1. The number of ether oxygens (including phenoxy) is 1. The predicted octanol–water partition coefficient (Wildman–Crippen LogP) is 2.77. The molecule has 1 aromatic rings. The van der Waals surface area contributed by atoms with Gasteiger partial charge in [-0.3, -0.25) is 0 Å². The molecule has 0 spiro atoms. The van der Waals surface area contributed by atoms with Crippen molar-refractivity contribution in [3.63, 3.8) is 0 Å². The van der Waals surface area contributed by atoms with E-state index in [0.29, 0.717) is 24.3 Å². The van der Waals surface area contributed by atoms with E-state index in [4.69, 9.17) is 4.74 Å². The summed E-state index contributed by atoms with van der Waals surface area (Å²) in [6, 6.07) is 2.05. The number of hydrogen-bond acceptors (Lipinski definition) is 5. The Hall–Kier alpha value is -1.85. The van der Waals surface area contributed by atoms with E-state index < -0.39 is 5.60 Å². The molecule has 6 nitrogen and oxygen atoms in total. The first-order valence-corrected chi connectivity index (χ1v) is 8.82. The van der Waals surface area contributed by atoms with Gasteiger partial charge in [-0.2, -0.15) is 0 Å². The van der Waals surface area contributed by atoms with Gasteiger partial charge in [-0.25, -0.2) is 14.8 Å². The lowest BCUT2D eigenvalue weighted by molar-refractivity contribution is 0.0508. The van der Waals surface area contributed by atoms with Crippen molar-refractivity contribution in [2.45, 2.75) is 46.1 Å². The van der Waals surface area contributed by atoms with Crippen molar-refractivity contribution in [2.75, 3.05) is 24.5 Å². The van der Waals surface area contributed by atoms with Gasteiger partial charge in [0.15, 0.2) is 0 Å². The summed E-state index contributed by atoms with van der Waals surface area (Å²) in [5.74, 6) is 2.78. The van der Waals surface area contributed by atoms with Gasteiger partial charge in [0.1, 0.15) is 17.7 Å². The molecule has 1 aliphatic carbocycles. The van der Waals surface area contributed by atoms with Crippen LogP contribution in [-0.2, 0) is 4.74 Å². The van der Waals surface area contributed by atoms with Gasteiger partial charge in [0, 0.05) is 31.4 Å². The van der Waals surface area contributed by atoms with E-state index >= 15 is 0 Å². The molecular weight excluding hydrogens is 304 g/mol. The monoisotopic (exact) mass is 332 g/mol. The van der Waals surface area contributed by atoms with Crippen LogP contribution in [0.4, 0.5) is 10.6 Å². The van der Waals surface area contributed by atoms with Crippen LogP contribution in [0, 0.1) is 24.7 Å². The third kappa shape index (κ3) is 3.97. The van der Waals surface area contributed by atoms with Crippen molar-refractivity contribution >= 4 is 11.9 Å². The normalized spacial score (nSPS) is 26.3. The number of hydrogen-bond donors (Lipinski definition) is 1. The second-order valence-corrected chi connectivity index (χ2v) is 8.07. The number of nitrogens with zero attached hydrogens (tertiary/aromatic N) is 3. The topological polar surface area (TPSA) is 67.4 Å². The molecule has 132 valence electrons. The lowest BCUT2D eigenvalue weighted by atomic mass is 9.85. The lowest BCUT2D eigenvalue weighted by Crippen LogP contribution is -2.47. The maximum atomic E-state index is 11.9. The van der Waals surface area contributed by atoms with Crippen LogP contribution >= 0.6 is 0 Å². The first-order valence-electron chi connectivity index (χ1n) is 8.82. The smallest absolute Gasteiger partial charge is 0.407 e. The van der Waals surface area contributed by atoms with Gasteiger partial charge in [0.2, 0.25) is 0 Å². The molecule has 1 saturated heterocycles. The number of piperidine rings is 1. The number of alkyl carbamates (subject to hydrolysis) is 1. The Morgan fingerprint density at radius 3 is 2.54 bits per heavy atom. The van der Waals surface area contributed by atoms with Crippen molar-refractivity contribution in [2.24, 2.45) is 17.8 Å². The Labute approximate surface area is 144 Å². The van der Waals surface area contributed by atoms with Gasteiger partial charge in [0.25, 0.3) is 0 Å². The Morgan fingerprint density at radius 1 is 1.29 bits per heavy atom. The summed E-state index contributed by atoms with van der Waals surface area (Å²) in [5.41, 5.74) is 0.554. The molecule has 2 fully saturated rings. The molecule has 24 heavy (non-hydrogen) atoms. The zero-order chi connectivity index (χ0) is 17.3. The number of fused-ring (bicyclic) bond motifs is 2. The average molecular weight is 332 g/mol. The van der Waals surface area contributed by atoms with E-state index in [1.807, 2.05) is 27.7 Å². The van der Waals surface area contributed by atoms with Crippen molar-refractivity contribution < 1.29 is 9.53 Å². The number of carbonyl (C=O) groups is 1. The minimum Gasteiger partial charge on any atom is -0.444 e. The molecule has 1 saturated carbocycles. The quantitative estimate of drug-likeness (QED) is 0.922. The standard InChI is InChI=1S/C18H28N4O2/c1-12-7-16(21-11-20-12)22-9-13-5-6-14(10-22)15(13)8-19-17(23)24-18(2,3)4/h7,11,13-15H,5-6,8-10H2,1-4H3,(H,19,23). The van der Waals surface area contributed by atoms with E-state index in [-0.39, 0.29) is 6.09 Å². The maximum absolute atomic E-state index is 11.9. The number of amides is 1. The number of nitrogens with one attached hydrogen (secondary N) is 1. The van der Waals surface area contributed by atoms with Crippen LogP contribution in [0.25, 0.3) is 0 Å². The summed E-state index contributed by atoms with van der Waals surface area (Å²) in [6.07, 6.45) is 3.79. The number of rotatable bonds is 3. The van der Waals surface area contributed by atoms with E-state index in [0.717, 1.165) is 24.6 Å². The Bertz CT molecular complexity index is 585. The predicted molar refractivity (Wildman–Crippen MR) is 92.9 cm³/mol. The van der Waals surface area contributed by atoms with Crippen LogP contribution in [0.2, 0.25) is 0 Å².